The van der Waals surface area contributed by atoms with Gasteiger partial charge in [0.05, 0.1) is 12.0 Å². The maximum absolute atomic E-state index is 12.1. The molecule has 0 aromatic carbocycles. The Morgan fingerprint density at radius 2 is 2.27 bits per heavy atom. The molecule has 1 rings (SSSR count). The van der Waals surface area contributed by atoms with Crippen LogP contribution in [0, 0.1) is 5.41 Å². The number of nitrogens with two attached hydrogens (primary N) is 1. The second-order valence-corrected chi connectivity index (χ2v) is 4.97. The van der Waals surface area contributed by atoms with Gasteiger partial charge in [-0.15, -0.1) is 0 Å². The number of hydrogen-bond acceptors (Lipinski definition) is 3. The highest BCUT2D eigenvalue weighted by Gasteiger charge is 2.33. The normalized spacial score (nSPS) is 22.9. The maximum atomic E-state index is 12.1. The Labute approximate surface area is 91.8 Å². The van der Waals surface area contributed by atoms with Crippen molar-refractivity contribution in [2.24, 2.45) is 11.1 Å². The molecule has 0 saturated carbocycles. The largest absolute Gasteiger partial charge is 0.384 e. The van der Waals surface area contributed by atoms with Gasteiger partial charge in [0.1, 0.15) is 0 Å². The minimum absolute atomic E-state index is 0.140. The molecule has 1 heterocycles. The van der Waals surface area contributed by atoms with Gasteiger partial charge in [-0.25, -0.2) is 0 Å². The number of hydrogen-bond donors (Lipinski definition) is 1. The first-order valence-electron chi connectivity index (χ1n) is 5.51. The third kappa shape index (κ3) is 3.18. The van der Waals surface area contributed by atoms with E-state index >= 15 is 0 Å². The van der Waals surface area contributed by atoms with Gasteiger partial charge in [0.2, 0.25) is 5.91 Å². The van der Waals surface area contributed by atoms with Crippen LogP contribution in [0.1, 0.15) is 26.7 Å². The van der Waals surface area contributed by atoms with Crippen LogP contribution in [0.2, 0.25) is 0 Å². The number of amides is 1. The van der Waals surface area contributed by atoms with E-state index in [0.717, 1.165) is 19.4 Å². The van der Waals surface area contributed by atoms with Crippen LogP contribution in [0.15, 0.2) is 0 Å². The summed E-state index contributed by atoms with van der Waals surface area (Å²) >= 11 is 0. The van der Waals surface area contributed by atoms with Crippen molar-refractivity contribution in [3.05, 3.63) is 0 Å². The zero-order valence-electron chi connectivity index (χ0n) is 9.95. The molecule has 1 saturated heterocycles. The van der Waals surface area contributed by atoms with Crippen molar-refractivity contribution in [2.75, 3.05) is 26.8 Å². The molecule has 4 heteroatoms. The third-order valence-electron chi connectivity index (χ3n) is 2.83. The molecule has 88 valence electrons. The molecule has 0 radical (unpaired) electrons. The van der Waals surface area contributed by atoms with E-state index in [1.807, 2.05) is 18.7 Å². The van der Waals surface area contributed by atoms with Crippen molar-refractivity contribution in [3.63, 3.8) is 0 Å². The highest BCUT2D eigenvalue weighted by atomic mass is 16.5. The van der Waals surface area contributed by atoms with Crippen LogP contribution >= 0.6 is 0 Å². The zero-order valence-corrected chi connectivity index (χ0v) is 9.95. The highest BCUT2D eigenvalue weighted by Crippen LogP contribution is 2.21. The summed E-state index contributed by atoms with van der Waals surface area (Å²) in [5.74, 6) is 0.152. The Kier molecular flexibility index (Phi) is 4.11. The molecular formula is C11H22N2O2. The van der Waals surface area contributed by atoms with Crippen molar-refractivity contribution in [1.29, 1.82) is 0 Å². The topological polar surface area (TPSA) is 55.6 Å². The summed E-state index contributed by atoms with van der Waals surface area (Å²) in [6, 6.07) is 0.140. The summed E-state index contributed by atoms with van der Waals surface area (Å²) in [6.07, 6.45) is 2.03. The van der Waals surface area contributed by atoms with E-state index in [-0.39, 0.29) is 11.9 Å². The highest BCUT2D eigenvalue weighted by molar-refractivity contribution is 5.82. The van der Waals surface area contributed by atoms with Gasteiger partial charge in [0, 0.05) is 26.2 Å². The second kappa shape index (κ2) is 4.94. The average Bonchev–Trinajstić information content (AvgIpc) is 2.16. The second-order valence-electron chi connectivity index (χ2n) is 4.97. The van der Waals surface area contributed by atoms with E-state index in [1.165, 1.54) is 0 Å². The quantitative estimate of drug-likeness (QED) is 0.749. The number of rotatable bonds is 3. The molecule has 0 bridgehead atoms. The summed E-state index contributed by atoms with van der Waals surface area (Å²) < 4.78 is 5.07. The van der Waals surface area contributed by atoms with Crippen LogP contribution in [-0.4, -0.2) is 43.7 Å². The number of carbonyl (C=O) groups excluding carboxylic acids is 1. The van der Waals surface area contributed by atoms with Crippen LogP contribution in [0.25, 0.3) is 0 Å². The number of likely N-dealkylation sites (tertiary alicyclic amines) is 1. The van der Waals surface area contributed by atoms with E-state index in [0.29, 0.717) is 13.2 Å². The van der Waals surface area contributed by atoms with Gasteiger partial charge in [-0.1, -0.05) is 0 Å². The van der Waals surface area contributed by atoms with Gasteiger partial charge in [0.15, 0.2) is 0 Å². The molecule has 2 N–H and O–H groups in total. The van der Waals surface area contributed by atoms with Gasteiger partial charge in [-0.2, -0.15) is 0 Å². The van der Waals surface area contributed by atoms with E-state index < -0.39 is 5.41 Å². The SMILES string of the molecule is COCC(C)(C)C(=O)N1CCC[C@@H](N)C1. The first kappa shape index (κ1) is 12.5. The van der Waals surface area contributed by atoms with E-state index in [2.05, 4.69) is 0 Å². The Hall–Kier alpha value is -0.610. The fraction of sp³-hybridized carbons (Fsp3) is 0.909. The molecule has 0 spiro atoms. The molecule has 1 aliphatic heterocycles. The van der Waals surface area contributed by atoms with E-state index in [9.17, 15) is 4.79 Å². The predicted molar refractivity (Wildman–Crippen MR) is 59.4 cm³/mol. The Balaban J connectivity index is 2.58. The summed E-state index contributed by atoms with van der Waals surface area (Å²) in [5, 5.41) is 0. The van der Waals surface area contributed by atoms with Gasteiger partial charge in [0.25, 0.3) is 0 Å². The minimum atomic E-state index is -0.439. The van der Waals surface area contributed by atoms with Gasteiger partial charge >= 0.3 is 0 Å². The smallest absolute Gasteiger partial charge is 0.230 e. The molecule has 0 aromatic heterocycles. The molecule has 1 atom stereocenters. The molecule has 1 aliphatic rings. The fourth-order valence-electron chi connectivity index (χ4n) is 2.05. The van der Waals surface area contributed by atoms with Crippen LogP contribution in [-0.2, 0) is 9.53 Å². The van der Waals surface area contributed by atoms with Crippen molar-refractivity contribution in [2.45, 2.75) is 32.7 Å². The van der Waals surface area contributed by atoms with Gasteiger partial charge < -0.3 is 15.4 Å². The summed E-state index contributed by atoms with van der Waals surface area (Å²) in [5.41, 5.74) is 5.42. The molecule has 0 unspecified atom stereocenters. The van der Waals surface area contributed by atoms with Gasteiger partial charge in [-0.05, 0) is 26.7 Å². The minimum Gasteiger partial charge on any atom is -0.384 e. The number of carbonyl (C=O) groups is 1. The van der Waals surface area contributed by atoms with E-state index in [1.54, 1.807) is 7.11 Å². The van der Waals surface area contributed by atoms with Crippen molar-refractivity contribution in [3.8, 4) is 0 Å². The lowest BCUT2D eigenvalue weighted by Gasteiger charge is -2.36. The first-order valence-corrected chi connectivity index (χ1v) is 5.51. The first-order chi connectivity index (χ1) is 6.97. The molecule has 15 heavy (non-hydrogen) atoms. The Morgan fingerprint density at radius 3 is 2.80 bits per heavy atom. The molecule has 0 aliphatic carbocycles. The fourth-order valence-corrected chi connectivity index (χ4v) is 2.05. The molecule has 1 amide bonds. The lowest BCUT2D eigenvalue weighted by atomic mass is 9.91. The third-order valence-corrected chi connectivity index (χ3v) is 2.83. The van der Waals surface area contributed by atoms with Crippen molar-refractivity contribution in [1.82, 2.24) is 4.90 Å². The lowest BCUT2D eigenvalue weighted by Crippen LogP contribution is -2.51. The summed E-state index contributed by atoms with van der Waals surface area (Å²) in [6.45, 7) is 5.81. The van der Waals surface area contributed by atoms with Crippen molar-refractivity contribution < 1.29 is 9.53 Å². The number of piperidine rings is 1. The van der Waals surface area contributed by atoms with E-state index in [4.69, 9.17) is 10.5 Å². The zero-order chi connectivity index (χ0) is 11.5. The maximum Gasteiger partial charge on any atom is 0.230 e. The molecule has 4 nitrogen and oxygen atoms in total. The average molecular weight is 214 g/mol. The predicted octanol–water partition coefficient (Wildman–Crippen LogP) is 0.609. The summed E-state index contributed by atoms with van der Waals surface area (Å²) in [7, 11) is 1.62. The molecule has 0 aromatic rings. The number of methoxy groups -OCH3 is 1. The number of ether oxygens (including phenoxy) is 1. The summed E-state index contributed by atoms with van der Waals surface area (Å²) in [4.78, 5) is 14.0. The van der Waals surface area contributed by atoms with Crippen molar-refractivity contribution >= 4 is 5.91 Å². The lowest BCUT2D eigenvalue weighted by molar-refractivity contribution is -0.144. The number of nitrogens with zero attached hydrogens (tertiary/aromatic N) is 1. The molecule has 1 fully saturated rings. The Bertz CT molecular complexity index is 229. The van der Waals surface area contributed by atoms with Crippen LogP contribution in [0.3, 0.4) is 0 Å². The van der Waals surface area contributed by atoms with Crippen LogP contribution in [0.4, 0.5) is 0 Å². The Morgan fingerprint density at radius 1 is 1.60 bits per heavy atom. The monoisotopic (exact) mass is 214 g/mol. The van der Waals surface area contributed by atoms with Crippen LogP contribution in [0.5, 0.6) is 0 Å². The van der Waals surface area contributed by atoms with Crippen LogP contribution < -0.4 is 5.73 Å². The molecular weight excluding hydrogens is 192 g/mol. The standard InChI is InChI=1S/C11H22N2O2/c1-11(2,8-15-3)10(14)13-6-4-5-9(12)7-13/h9H,4-8,12H2,1-3H3/t9-/m1/s1. The van der Waals surface area contributed by atoms with Gasteiger partial charge in [-0.3, -0.25) is 4.79 Å².